The van der Waals surface area contributed by atoms with Crippen molar-refractivity contribution in [3.63, 3.8) is 0 Å². The van der Waals surface area contributed by atoms with E-state index in [1.807, 2.05) is 18.3 Å². The Hall–Kier alpha value is -2.56. The average molecular weight is 292 g/mol. The second-order valence-corrected chi connectivity index (χ2v) is 5.91. The predicted octanol–water partition coefficient (Wildman–Crippen LogP) is 3.13. The zero-order chi connectivity index (χ0) is 14.7. The fraction of sp³-hybridized carbons (Fsp3) is 0.235. The molecule has 22 heavy (non-hydrogen) atoms. The van der Waals surface area contributed by atoms with Gasteiger partial charge in [0.05, 0.1) is 11.9 Å². The van der Waals surface area contributed by atoms with Crippen LogP contribution in [0.1, 0.15) is 41.4 Å². The first-order valence-electron chi connectivity index (χ1n) is 7.49. The minimum Gasteiger partial charge on any atom is -0.276 e. The van der Waals surface area contributed by atoms with Gasteiger partial charge >= 0.3 is 0 Å². The third-order valence-corrected chi connectivity index (χ3v) is 4.39. The number of halogens is 1. The molecule has 0 unspecified atom stereocenters. The van der Waals surface area contributed by atoms with Gasteiger partial charge in [0.2, 0.25) is 5.95 Å². The molecule has 5 rings (SSSR count). The molecule has 3 aromatic heterocycles. The van der Waals surface area contributed by atoms with E-state index >= 15 is 0 Å². The van der Waals surface area contributed by atoms with Gasteiger partial charge in [0, 0.05) is 30.3 Å². The average Bonchev–Trinajstić information content (AvgIpc) is 3.22. The summed E-state index contributed by atoms with van der Waals surface area (Å²) in [7, 11) is 0. The fourth-order valence-corrected chi connectivity index (χ4v) is 3.04. The highest BCUT2D eigenvalue weighted by Gasteiger charge is 2.28. The van der Waals surface area contributed by atoms with E-state index in [1.165, 1.54) is 23.4 Å². The van der Waals surface area contributed by atoms with Crippen molar-refractivity contribution in [1.29, 1.82) is 0 Å². The van der Waals surface area contributed by atoms with Crippen molar-refractivity contribution in [1.82, 2.24) is 19.4 Å². The predicted molar refractivity (Wildman–Crippen MR) is 79.9 cm³/mol. The number of hydrogen-bond donors (Lipinski definition) is 0. The minimum absolute atomic E-state index is 0.351. The van der Waals surface area contributed by atoms with Gasteiger partial charge in [-0.1, -0.05) is 6.08 Å². The van der Waals surface area contributed by atoms with Crippen molar-refractivity contribution < 1.29 is 4.39 Å². The molecule has 0 spiro atoms. The van der Waals surface area contributed by atoms with Gasteiger partial charge in [-0.3, -0.25) is 4.40 Å². The van der Waals surface area contributed by atoms with E-state index in [0.717, 1.165) is 34.6 Å². The Kier molecular flexibility index (Phi) is 2.31. The summed E-state index contributed by atoms with van der Waals surface area (Å²) in [4.78, 5) is 13.2. The van der Waals surface area contributed by atoms with Crippen LogP contribution in [0.4, 0.5) is 4.39 Å². The standard InChI is InChI=1S/C17H13FN4/c18-15-8-19-16-6-3-11(9-22(15)16)12-4-5-14-13(12)7-20-17(21-14)10-1-2-10/h3-4,6-10H,1-2,5H2. The SMILES string of the molecule is Fc1cnc2ccc(C3=CCc4nc(C5CC5)ncc43)cn12. The van der Waals surface area contributed by atoms with Crippen molar-refractivity contribution >= 4 is 11.2 Å². The molecule has 1 fully saturated rings. The zero-order valence-electron chi connectivity index (χ0n) is 11.8. The van der Waals surface area contributed by atoms with E-state index in [4.69, 9.17) is 4.98 Å². The van der Waals surface area contributed by atoms with Crippen molar-refractivity contribution in [3.05, 3.63) is 65.4 Å². The highest BCUT2D eigenvalue weighted by molar-refractivity contribution is 5.83. The molecule has 3 heterocycles. The van der Waals surface area contributed by atoms with E-state index in [1.54, 1.807) is 6.20 Å². The van der Waals surface area contributed by atoms with Crippen LogP contribution >= 0.6 is 0 Å². The summed E-state index contributed by atoms with van der Waals surface area (Å²) < 4.78 is 15.2. The maximum Gasteiger partial charge on any atom is 0.217 e. The van der Waals surface area contributed by atoms with E-state index in [9.17, 15) is 4.39 Å². The summed E-state index contributed by atoms with van der Waals surface area (Å²) in [6, 6.07) is 3.80. The van der Waals surface area contributed by atoms with Crippen molar-refractivity contribution in [2.24, 2.45) is 0 Å². The van der Waals surface area contributed by atoms with Crippen LogP contribution in [-0.2, 0) is 6.42 Å². The summed E-state index contributed by atoms with van der Waals surface area (Å²) in [5.41, 5.74) is 4.79. The molecule has 0 aromatic carbocycles. The topological polar surface area (TPSA) is 43.1 Å². The molecule has 108 valence electrons. The summed E-state index contributed by atoms with van der Waals surface area (Å²) in [6.07, 6.45) is 10.3. The zero-order valence-corrected chi connectivity index (χ0v) is 11.8. The Morgan fingerprint density at radius 1 is 1.14 bits per heavy atom. The molecule has 2 aliphatic rings. The van der Waals surface area contributed by atoms with Crippen LogP contribution in [0.2, 0.25) is 0 Å². The molecule has 0 N–H and O–H groups in total. The lowest BCUT2D eigenvalue weighted by atomic mass is 10.0. The number of nitrogens with zero attached hydrogens (tertiary/aromatic N) is 4. The third kappa shape index (κ3) is 1.71. The number of allylic oxidation sites excluding steroid dienone is 1. The number of hydrogen-bond acceptors (Lipinski definition) is 3. The Labute approximate surface area is 126 Å². The van der Waals surface area contributed by atoms with E-state index in [2.05, 4.69) is 16.0 Å². The van der Waals surface area contributed by atoms with Gasteiger partial charge in [0.1, 0.15) is 11.5 Å². The lowest BCUT2D eigenvalue weighted by Gasteiger charge is -2.07. The second kappa shape index (κ2) is 4.22. The van der Waals surface area contributed by atoms with Crippen molar-refractivity contribution in [3.8, 4) is 0 Å². The van der Waals surface area contributed by atoms with E-state index in [0.29, 0.717) is 11.6 Å². The van der Waals surface area contributed by atoms with E-state index < -0.39 is 0 Å². The van der Waals surface area contributed by atoms with Crippen LogP contribution < -0.4 is 0 Å². The number of pyridine rings is 1. The first-order chi connectivity index (χ1) is 10.8. The highest BCUT2D eigenvalue weighted by atomic mass is 19.1. The Morgan fingerprint density at radius 3 is 2.91 bits per heavy atom. The molecule has 0 atom stereocenters. The maximum absolute atomic E-state index is 13.7. The molecular formula is C17H13FN4. The molecule has 4 nitrogen and oxygen atoms in total. The molecule has 0 saturated heterocycles. The van der Waals surface area contributed by atoms with Gasteiger partial charge in [-0.15, -0.1) is 0 Å². The molecule has 0 aliphatic heterocycles. The summed E-state index contributed by atoms with van der Waals surface area (Å²) in [5.74, 6) is 1.19. The Balaban J connectivity index is 1.60. The molecule has 0 bridgehead atoms. The Morgan fingerprint density at radius 2 is 2.05 bits per heavy atom. The van der Waals surface area contributed by atoms with Gasteiger partial charge in [0.15, 0.2) is 0 Å². The normalized spacial score (nSPS) is 16.9. The lowest BCUT2D eigenvalue weighted by molar-refractivity contribution is 0.573. The maximum atomic E-state index is 13.7. The molecule has 2 aliphatic carbocycles. The van der Waals surface area contributed by atoms with Crippen molar-refractivity contribution in [2.45, 2.75) is 25.2 Å². The molecular weight excluding hydrogens is 279 g/mol. The molecule has 0 radical (unpaired) electrons. The molecule has 5 heteroatoms. The van der Waals surface area contributed by atoms with Gasteiger partial charge in [-0.2, -0.15) is 4.39 Å². The van der Waals surface area contributed by atoms with Crippen LogP contribution in [0, 0.1) is 5.95 Å². The van der Waals surface area contributed by atoms with Crippen LogP contribution in [0.15, 0.2) is 36.8 Å². The number of rotatable bonds is 2. The number of imidazole rings is 1. The monoisotopic (exact) mass is 292 g/mol. The first kappa shape index (κ1) is 12.0. The van der Waals surface area contributed by atoms with Gasteiger partial charge in [-0.25, -0.2) is 15.0 Å². The molecule has 3 aromatic rings. The van der Waals surface area contributed by atoms with E-state index in [-0.39, 0.29) is 5.95 Å². The number of fused-ring (bicyclic) bond motifs is 2. The minimum atomic E-state index is -0.351. The lowest BCUT2D eigenvalue weighted by Crippen LogP contribution is -1.99. The quantitative estimate of drug-likeness (QED) is 0.729. The summed E-state index contributed by atoms with van der Waals surface area (Å²) >= 11 is 0. The van der Waals surface area contributed by atoms with Crippen LogP contribution in [0.5, 0.6) is 0 Å². The summed E-state index contributed by atoms with van der Waals surface area (Å²) in [6.45, 7) is 0. The molecule has 0 amide bonds. The second-order valence-electron chi connectivity index (χ2n) is 5.91. The van der Waals surface area contributed by atoms with Gasteiger partial charge in [-0.05, 0) is 36.1 Å². The number of aromatic nitrogens is 4. The first-order valence-corrected chi connectivity index (χ1v) is 7.49. The fourth-order valence-electron chi connectivity index (χ4n) is 3.04. The third-order valence-electron chi connectivity index (χ3n) is 4.39. The van der Waals surface area contributed by atoms with Crippen LogP contribution in [0.3, 0.4) is 0 Å². The molecule has 1 saturated carbocycles. The van der Waals surface area contributed by atoms with Gasteiger partial charge < -0.3 is 0 Å². The van der Waals surface area contributed by atoms with Crippen LogP contribution in [-0.4, -0.2) is 19.4 Å². The van der Waals surface area contributed by atoms with Crippen LogP contribution in [0.25, 0.3) is 11.2 Å². The largest absolute Gasteiger partial charge is 0.276 e. The Bertz CT molecular complexity index is 937. The highest BCUT2D eigenvalue weighted by Crippen LogP contribution is 2.39. The summed E-state index contributed by atoms with van der Waals surface area (Å²) in [5, 5.41) is 0. The smallest absolute Gasteiger partial charge is 0.217 e. The van der Waals surface area contributed by atoms with Gasteiger partial charge in [0.25, 0.3) is 0 Å². The van der Waals surface area contributed by atoms with Crippen molar-refractivity contribution in [2.75, 3.05) is 0 Å².